The maximum atomic E-state index is 10.5. The molecule has 0 fully saturated rings. The number of aliphatic hydroxyl groups excluding tert-OH is 2. The van der Waals surface area contributed by atoms with E-state index in [2.05, 4.69) is 15.9 Å². The normalized spacial score (nSPS) is 14.5. The molecule has 0 bridgehead atoms. The molecule has 0 heterocycles. The van der Waals surface area contributed by atoms with Crippen molar-refractivity contribution in [2.75, 3.05) is 5.33 Å². The molecule has 5 nitrogen and oxygen atoms in total. The van der Waals surface area contributed by atoms with Gasteiger partial charge < -0.3 is 10.2 Å². The van der Waals surface area contributed by atoms with E-state index >= 15 is 0 Å². The van der Waals surface area contributed by atoms with Crippen molar-refractivity contribution in [1.29, 1.82) is 0 Å². The van der Waals surface area contributed by atoms with Gasteiger partial charge in [-0.2, -0.15) is 0 Å². The fraction of sp³-hybridized carbons (Fsp3) is 0.333. The highest BCUT2D eigenvalue weighted by Gasteiger charge is 2.22. The number of nitro benzene ring substituents is 1. The minimum atomic E-state index is -1.26. The summed E-state index contributed by atoms with van der Waals surface area (Å²) in [6.07, 6.45) is -2.33. The molecule has 1 aromatic rings. The Morgan fingerprint density at radius 2 is 2.12 bits per heavy atom. The molecule has 88 valence electrons. The third kappa shape index (κ3) is 2.91. The molecular weight excluding hydrogens is 301 g/mol. The van der Waals surface area contributed by atoms with Gasteiger partial charge in [-0.1, -0.05) is 27.5 Å². The van der Waals surface area contributed by atoms with E-state index in [0.717, 1.165) is 6.07 Å². The number of nitrogens with zero attached hydrogens (tertiary/aromatic N) is 1. The second-order valence-corrected chi connectivity index (χ2v) is 4.18. The first-order valence-electron chi connectivity index (χ1n) is 4.33. The van der Waals surface area contributed by atoms with E-state index in [1.165, 1.54) is 12.1 Å². The lowest BCUT2D eigenvalue weighted by Gasteiger charge is -2.16. The average molecular weight is 311 g/mol. The summed E-state index contributed by atoms with van der Waals surface area (Å²) in [6, 6.07) is 3.71. The highest BCUT2D eigenvalue weighted by atomic mass is 79.9. The summed E-state index contributed by atoms with van der Waals surface area (Å²) >= 11 is 8.79. The van der Waals surface area contributed by atoms with Gasteiger partial charge in [0.25, 0.3) is 5.69 Å². The molecule has 2 unspecified atom stereocenters. The fourth-order valence-electron chi connectivity index (χ4n) is 1.16. The molecule has 0 saturated heterocycles. The van der Waals surface area contributed by atoms with Crippen LogP contribution >= 0.6 is 27.5 Å². The van der Waals surface area contributed by atoms with Crippen molar-refractivity contribution in [2.45, 2.75) is 12.2 Å². The molecule has 0 aliphatic heterocycles. The topological polar surface area (TPSA) is 83.6 Å². The lowest BCUT2D eigenvalue weighted by atomic mass is 10.0. The summed E-state index contributed by atoms with van der Waals surface area (Å²) in [7, 11) is 0. The Morgan fingerprint density at radius 3 is 2.62 bits per heavy atom. The van der Waals surface area contributed by atoms with Crippen molar-refractivity contribution >= 4 is 33.2 Å². The lowest BCUT2D eigenvalue weighted by molar-refractivity contribution is -0.385. The molecule has 0 spiro atoms. The van der Waals surface area contributed by atoms with Crippen molar-refractivity contribution in [3.05, 3.63) is 38.9 Å². The Balaban J connectivity index is 3.11. The summed E-state index contributed by atoms with van der Waals surface area (Å²) in [5, 5.41) is 30.0. The van der Waals surface area contributed by atoms with Crippen molar-refractivity contribution in [1.82, 2.24) is 0 Å². The summed E-state index contributed by atoms with van der Waals surface area (Å²) in [5.41, 5.74) is -0.0389. The monoisotopic (exact) mass is 309 g/mol. The number of hydrogen-bond acceptors (Lipinski definition) is 4. The maximum Gasteiger partial charge on any atom is 0.269 e. The van der Waals surface area contributed by atoms with Gasteiger partial charge in [-0.05, 0) is 6.07 Å². The van der Waals surface area contributed by atoms with Crippen molar-refractivity contribution in [2.24, 2.45) is 0 Å². The first-order valence-corrected chi connectivity index (χ1v) is 5.83. The largest absolute Gasteiger partial charge is 0.389 e. The Bertz CT molecular complexity index is 401. The van der Waals surface area contributed by atoms with Crippen LogP contribution in [0.4, 0.5) is 5.69 Å². The SMILES string of the molecule is O=[N+]([O-])c1ccc(Cl)c(C(O)C(O)CBr)c1. The quantitative estimate of drug-likeness (QED) is 0.506. The van der Waals surface area contributed by atoms with E-state index in [9.17, 15) is 20.3 Å². The molecule has 0 aromatic heterocycles. The van der Waals surface area contributed by atoms with Gasteiger partial charge in [0, 0.05) is 28.0 Å². The van der Waals surface area contributed by atoms with Crippen molar-refractivity contribution in [3.8, 4) is 0 Å². The Morgan fingerprint density at radius 1 is 1.50 bits per heavy atom. The highest BCUT2D eigenvalue weighted by Crippen LogP contribution is 2.29. The van der Waals surface area contributed by atoms with E-state index in [-0.39, 0.29) is 21.6 Å². The number of hydrogen-bond donors (Lipinski definition) is 2. The smallest absolute Gasteiger partial charge is 0.269 e. The number of benzene rings is 1. The molecule has 7 heteroatoms. The molecule has 0 radical (unpaired) electrons. The molecule has 0 aliphatic carbocycles. The van der Waals surface area contributed by atoms with Crippen LogP contribution in [0.15, 0.2) is 18.2 Å². The van der Waals surface area contributed by atoms with Crippen LogP contribution in [0, 0.1) is 10.1 Å². The van der Waals surface area contributed by atoms with Crippen LogP contribution in [0.1, 0.15) is 11.7 Å². The van der Waals surface area contributed by atoms with Crippen LogP contribution in [0.25, 0.3) is 0 Å². The van der Waals surface area contributed by atoms with Gasteiger partial charge in [-0.15, -0.1) is 0 Å². The molecule has 16 heavy (non-hydrogen) atoms. The van der Waals surface area contributed by atoms with Gasteiger partial charge in [0.2, 0.25) is 0 Å². The number of non-ortho nitro benzene ring substituents is 1. The van der Waals surface area contributed by atoms with Crippen LogP contribution in [0.2, 0.25) is 5.02 Å². The second kappa shape index (κ2) is 5.58. The third-order valence-electron chi connectivity index (χ3n) is 2.03. The minimum absolute atomic E-state index is 0.141. The van der Waals surface area contributed by atoms with Gasteiger partial charge >= 0.3 is 0 Å². The Labute approximate surface area is 105 Å². The average Bonchev–Trinajstić information content (AvgIpc) is 2.27. The van der Waals surface area contributed by atoms with Crippen LogP contribution in [0.3, 0.4) is 0 Å². The molecular formula is C9H9BrClNO4. The number of rotatable bonds is 4. The van der Waals surface area contributed by atoms with Crippen molar-refractivity contribution < 1.29 is 15.1 Å². The van der Waals surface area contributed by atoms with Crippen LogP contribution in [-0.4, -0.2) is 26.6 Å². The fourth-order valence-corrected chi connectivity index (χ4v) is 1.75. The van der Waals surface area contributed by atoms with E-state index in [1.54, 1.807) is 0 Å². The van der Waals surface area contributed by atoms with Gasteiger partial charge in [0.1, 0.15) is 6.10 Å². The van der Waals surface area contributed by atoms with Crippen molar-refractivity contribution in [3.63, 3.8) is 0 Å². The van der Waals surface area contributed by atoms with E-state index < -0.39 is 17.1 Å². The van der Waals surface area contributed by atoms with Gasteiger partial charge in [0.05, 0.1) is 11.0 Å². The van der Waals surface area contributed by atoms with Gasteiger partial charge in [-0.3, -0.25) is 10.1 Å². The van der Waals surface area contributed by atoms with E-state index in [4.69, 9.17) is 11.6 Å². The molecule has 0 aliphatic rings. The van der Waals surface area contributed by atoms with Crippen LogP contribution < -0.4 is 0 Å². The zero-order valence-electron chi connectivity index (χ0n) is 8.01. The molecule has 1 aromatic carbocycles. The number of aliphatic hydroxyl groups is 2. The minimum Gasteiger partial charge on any atom is -0.389 e. The molecule has 0 saturated carbocycles. The predicted octanol–water partition coefficient (Wildman–Crippen LogP) is 2.04. The summed E-state index contributed by atoms with van der Waals surface area (Å²) in [4.78, 5) is 9.95. The van der Waals surface area contributed by atoms with Crippen LogP contribution in [0.5, 0.6) is 0 Å². The third-order valence-corrected chi connectivity index (χ3v) is 3.04. The molecule has 0 amide bonds. The first-order chi connectivity index (χ1) is 7.47. The summed E-state index contributed by atoms with van der Waals surface area (Å²) in [6.45, 7) is 0. The zero-order valence-corrected chi connectivity index (χ0v) is 10.3. The molecule has 1 rings (SSSR count). The Hall–Kier alpha value is -0.690. The Kier molecular flexibility index (Phi) is 4.67. The molecule has 2 N–H and O–H groups in total. The zero-order chi connectivity index (χ0) is 12.3. The lowest BCUT2D eigenvalue weighted by Crippen LogP contribution is -2.19. The van der Waals surface area contributed by atoms with Crippen LogP contribution in [-0.2, 0) is 0 Å². The van der Waals surface area contributed by atoms with Gasteiger partial charge in [0.15, 0.2) is 0 Å². The number of alkyl halides is 1. The van der Waals surface area contributed by atoms with E-state index in [1.807, 2.05) is 0 Å². The number of nitro groups is 1. The first kappa shape index (κ1) is 13.4. The van der Waals surface area contributed by atoms with Gasteiger partial charge in [-0.25, -0.2) is 0 Å². The predicted molar refractivity (Wildman–Crippen MR) is 62.9 cm³/mol. The summed E-state index contributed by atoms with van der Waals surface area (Å²) < 4.78 is 0. The number of halogens is 2. The maximum absolute atomic E-state index is 10.5. The standard InChI is InChI=1S/C9H9BrClNO4/c10-4-8(13)9(14)6-3-5(12(15)16)1-2-7(6)11/h1-3,8-9,13-14H,4H2. The second-order valence-electron chi connectivity index (χ2n) is 3.13. The highest BCUT2D eigenvalue weighted by molar-refractivity contribution is 9.09. The van der Waals surface area contributed by atoms with E-state index in [0.29, 0.717) is 0 Å². The summed E-state index contributed by atoms with van der Waals surface area (Å²) in [5.74, 6) is 0. The molecule has 2 atom stereocenters.